The van der Waals surface area contributed by atoms with Gasteiger partial charge in [0.15, 0.2) is 0 Å². The first kappa shape index (κ1) is 27.5. The van der Waals surface area contributed by atoms with E-state index >= 15 is 0 Å². The fourth-order valence-corrected chi connectivity index (χ4v) is 3.73. The number of carbonyl (C=O) groups is 2. The summed E-state index contributed by atoms with van der Waals surface area (Å²) in [6.07, 6.45) is 13.7. The molecule has 2 aromatic heterocycles. The first-order valence-electron chi connectivity index (χ1n) is 12.8. The van der Waals surface area contributed by atoms with Gasteiger partial charge in [0, 0.05) is 12.4 Å². The Kier molecular flexibility index (Phi) is 12.3. The third-order valence-corrected chi connectivity index (χ3v) is 5.80. The van der Waals surface area contributed by atoms with Crippen molar-refractivity contribution in [3.63, 3.8) is 0 Å². The quantitative estimate of drug-likeness (QED) is 0.203. The van der Waals surface area contributed by atoms with Gasteiger partial charge in [-0.05, 0) is 63.8 Å². The minimum Gasteiger partial charge on any atom is -0.459 e. The van der Waals surface area contributed by atoms with Gasteiger partial charge in [-0.25, -0.2) is 9.59 Å². The maximum Gasteiger partial charge on any atom is 0.338 e. The maximum atomic E-state index is 12.6. The molecular weight excluding hydrogens is 428 g/mol. The van der Waals surface area contributed by atoms with Gasteiger partial charge in [-0.15, -0.1) is 0 Å². The monoisotopic (exact) mass is 468 g/mol. The van der Waals surface area contributed by atoms with Crippen molar-refractivity contribution in [3.8, 4) is 11.4 Å². The molecule has 0 aromatic carbocycles. The molecule has 0 N–H and O–H groups in total. The van der Waals surface area contributed by atoms with Gasteiger partial charge in [-0.1, -0.05) is 52.4 Å². The number of nitrogens with zero attached hydrogens (tertiary/aromatic N) is 2. The number of rotatable bonds is 15. The van der Waals surface area contributed by atoms with Crippen LogP contribution in [0.1, 0.15) is 113 Å². The summed E-state index contributed by atoms with van der Waals surface area (Å²) in [6.45, 7) is 8.20. The molecule has 0 spiro atoms. The van der Waals surface area contributed by atoms with Crippen LogP contribution in [0.3, 0.4) is 0 Å². The van der Waals surface area contributed by atoms with Crippen LogP contribution in [-0.2, 0) is 9.47 Å². The second-order valence-electron chi connectivity index (χ2n) is 8.99. The Balaban J connectivity index is 1.99. The summed E-state index contributed by atoms with van der Waals surface area (Å²) in [5.41, 5.74) is 1.85. The van der Waals surface area contributed by atoms with E-state index < -0.39 is 0 Å². The smallest absolute Gasteiger partial charge is 0.338 e. The Hall–Kier alpha value is -2.76. The molecule has 0 fully saturated rings. The molecule has 2 heterocycles. The van der Waals surface area contributed by atoms with Crippen LogP contribution in [0.25, 0.3) is 11.4 Å². The lowest BCUT2D eigenvalue weighted by molar-refractivity contribution is 0.0309. The molecule has 2 atom stereocenters. The average Bonchev–Trinajstić information content (AvgIpc) is 2.84. The van der Waals surface area contributed by atoms with Crippen molar-refractivity contribution < 1.29 is 19.1 Å². The van der Waals surface area contributed by atoms with E-state index in [2.05, 4.69) is 23.8 Å². The van der Waals surface area contributed by atoms with Gasteiger partial charge in [0.1, 0.15) is 0 Å². The van der Waals surface area contributed by atoms with Crippen molar-refractivity contribution in [3.05, 3.63) is 47.8 Å². The Morgan fingerprint density at radius 3 is 1.50 bits per heavy atom. The van der Waals surface area contributed by atoms with Crippen molar-refractivity contribution in [2.45, 2.75) is 104 Å². The van der Waals surface area contributed by atoms with Gasteiger partial charge in [0.2, 0.25) is 0 Å². The molecule has 0 amide bonds. The first-order chi connectivity index (χ1) is 16.4. The standard InChI is InChI=1S/C28H40N2O4/c1-5-7-9-11-13-21(3)33-27(31)23-15-17-29-25(19-23)26-20-24(16-18-30-26)28(32)34-22(4)14-12-10-8-6-2/h15-22H,5-14H2,1-4H3. The highest BCUT2D eigenvalue weighted by Gasteiger charge is 2.16. The summed E-state index contributed by atoms with van der Waals surface area (Å²) >= 11 is 0. The van der Waals surface area contributed by atoms with Gasteiger partial charge in [0.25, 0.3) is 0 Å². The maximum absolute atomic E-state index is 12.6. The Morgan fingerprint density at radius 2 is 1.12 bits per heavy atom. The summed E-state index contributed by atoms with van der Waals surface area (Å²) < 4.78 is 11.2. The molecule has 186 valence electrons. The minimum atomic E-state index is -0.376. The molecule has 0 aliphatic rings. The van der Waals surface area contributed by atoms with Gasteiger partial charge < -0.3 is 9.47 Å². The Labute approximate surface area is 204 Å². The van der Waals surface area contributed by atoms with Crippen LogP contribution in [0.5, 0.6) is 0 Å². The molecule has 0 aliphatic carbocycles. The van der Waals surface area contributed by atoms with Crippen LogP contribution in [0.15, 0.2) is 36.7 Å². The molecule has 2 rings (SSSR count). The lowest BCUT2D eigenvalue weighted by Crippen LogP contribution is -2.15. The average molecular weight is 469 g/mol. The number of esters is 2. The fraction of sp³-hybridized carbons (Fsp3) is 0.571. The van der Waals surface area contributed by atoms with Crippen LogP contribution in [0, 0.1) is 0 Å². The number of hydrogen-bond donors (Lipinski definition) is 0. The largest absolute Gasteiger partial charge is 0.459 e. The third kappa shape index (κ3) is 9.62. The molecule has 2 unspecified atom stereocenters. The van der Waals surface area contributed by atoms with Gasteiger partial charge in [0.05, 0.1) is 34.7 Å². The zero-order chi connectivity index (χ0) is 24.8. The second kappa shape index (κ2) is 15.2. The number of hydrogen-bond acceptors (Lipinski definition) is 6. The SMILES string of the molecule is CCCCCCC(C)OC(=O)c1ccnc(-c2cc(C(=O)OC(C)CCCCCC)ccn2)c1. The molecule has 34 heavy (non-hydrogen) atoms. The predicted molar refractivity (Wildman–Crippen MR) is 135 cm³/mol. The number of carbonyl (C=O) groups excluding carboxylic acids is 2. The number of aromatic nitrogens is 2. The van der Waals surface area contributed by atoms with E-state index in [1.54, 1.807) is 36.7 Å². The molecule has 0 bridgehead atoms. The normalized spacial score (nSPS) is 12.7. The molecule has 2 aromatic rings. The van der Waals surface area contributed by atoms with Crippen LogP contribution in [0.2, 0.25) is 0 Å². The summed E-state index contributed by atoms with van der Waals surface area (Å²) in [6, 6.07) is 6.57. The van der Waals surface area contributed by atoms with Crippen LogP contribution < -0.4 is 0 Å². The van der Waals surface area contributed by atoms with E-state index in [-0.39, 0.29) is 24.1 Å². The van der Waals surface area contributed by atoms with Crippen LogP contribution in [-0.4, -0.2) is 34.1 Å². The zero-order valence-electron chi connectivity index (χ0n) is 21.2. The summed E-state index contributed by atoms with van der Waals surface area (Å²) in [7, 11) is 0. The molecule has 6 heteroatoms. The lowest BCUT2D eigenvalue weighted by atomic mass is 10.1. The highest BCUT2D eigenvalue weighted by Crippen LogP contribution is 2.19. The molecule has 0 radical (unpaired) electrons. The van der Waals surface area contributed by atoms with Crippen molar-refractivity contribution in [1.82, 2.24) is 9.97 Å². The molecule has 0 saturated heterocycles. The van der Waals surface area contributed by atoms with E-state index in [1.165, 1.54) is 25.7 Å². The zero-order valence-corrected chi connectivity index (χ0v) is 21.2. The molecule has 0 saturated carbocycles. The molecule has 0 aliphatic heterocycles. The highest BCUT2D eigenvalue weighted by atomic mass is 16.5. The third-order valence-electron chi connectivity index (χ3n) is 5.80. The van der Waals surface area contributed by atoms with E-state index in [0.29, 0.717) is 22.5 Å². The minimum absolute atomic E-state index is 0.138. The van der Waals surface area contributed by atoms with E-state index in [0.717, 1.165) is 38.5 Å². The van der Waals surface area contributed by atoms with E-state index in [1.807, 2.05) is 13.8 Å². The predicted octanol–water partition coefficient (Wildman–Crippen LogP) is 7.18. The highest BCUT2D eigenvalue weighted by molar-refractivity contribution is 5.92. The summed E-state index contributed by atoms with van der Waals surface area (Å²) in [4.78, 5) is 33.9. The first-order valence-corrected chi connectivity index (χ1v) is 12.8. The number of unbranched alkanes of at least 4 members (excludes halogenated alkanes) is 6. The lowest BCUT2D eigenvalue weighted by Gasteiger charge is -2.14. The Bertz CT molecular complexity index is 826. The second-order valence-corrected chi connectivity index (χ2v) is 8.99. The fourth-order valence-electron chi connectivity index (χ4n) is 3.73. The molecular formula is C28H40N2O4. The topological polar surface area (TPSA) is 78.4 Å². The van der Waals surface area contributed by atoms with Gasteiger partial charge in [-0.2, -0.15) is 0 Å². The van der Waals surface area contributed by atoms with Crippen molar-refractivity contribution >= 4 is 11.9 Å². The van der Waals surface area contributed by atoms with Crippen LogP contribution in [0.4, 0.5) is 0 Å². The summed E-state index contributed by atoms with van der Waals surface area (Å²) in [5, 5.41) is 0. The van der Waals surface area contributed by atoms with Crippen LogP contribution >= 0.6 is 0 Å². The van der Waals surface area contributed by atoms with Gasteiger partial charge >= 0.3 is 11.9 Å². The van der Waals surface area contributed by atoms with E-state index in [4.69, 9.17) is 9.47 Å². The van der Waals surface area contributed by atoms with Crippen molar-refractivity contribution in [2.75, 3.05) is 0 Å². The number of pyridine rings is 2. The summed E-state index contributed by atoms with van der Waals surface area (Å²) in [5.74, 6) is -0.752. The Morgan fingerprint density at radius 1 is 0.706 bits per heavy atom. The van der Waals surface area contributed by atoms with Crippen molar-refractivity contribution in [2.24, 2.45) is 0 Å². The van der Waals surface area contributed by atoms with Gasteiger partial charge in [-0.3, -0.25) is 9.97 Å². The number of ether oxygens (including phenoxy) is 2. The molecule has 6 nitrogen and oxygen atoms in total. The van der Waals surface area contributed by atoms with E-state index in [9.17, 15) is 9.59 Å². The van der Waals surface area contributed by atoms with Crippen molar-refractivity contribution in [1.29, 1.82) is 0 Å².